The van der Waals surface area contributed by atoms with Crippen LogP contribution in [0.3, 0.4) is 0 Å². The van der Waals surface area contributed by atoms with Gasteiger partial charge >= 0.3 is 0 Å². The van der Waals surface area contributed by atoms with Gasteiger partial charge in [0.05, 0.1) is 11.4 Å². The molecule has 0 saturated carbocycles. The van der Waals surface area contributed by atoms with Gasteiger partial charge in [0.15, 0.2) is 0 Å². The maximum Gasteiger partial charge on any atom is 0.253 e. The molecule has 0 aliphatic carbocycles. The topological polar surface area (TPSA) is 58.4 Å². The molecule has 6 heteroatoms. The van der Waals surface area contributed by atoms with Crippen molar-refractivity contribution in [1.29, 1.82) is 0 Å². The molecule has 0 spiro atoms. The Morgan fingerprint density at radius 2 is 1.60 bits per heavy atom. The van der Waals surface area contributed by atoms with Crippen LogP contribution in [0.2, 0.25) is 0 Å². The first kappa shape index (κ1) is 17.2. The molecule has 1 aromatic heterocycles. The molecule has 2 heterocycles. The highest BCUT2D eigenvalue weighted by Crippen LogP contribution is 2.15. The second-order valence-electron chi connectivity index (χ2n) is 6.54. The summed E-state index contributed by atoms with van der Waals surface area (Å²) in [6, 6.07) is 9.57. The molecule has 0 radical (unpaired) electrons. The van der Waals surface area contributed by atoms with E-state index in [9.17, 15) is 9.59 Å². The Morgan fingerprint density at radius 3 is 2.20 bits per heavy atom. The van der Waals surface area contributed by atoms with E-state index >= 15 is 0 Å². The Balaban J connectivity index is 1.72. The van der Waals surface area contributed by atoms with Gasteiger partial charge in [-0.2, -0.15) is 5.10 Å². The van der Waals surface area contributed by atoms with E-state index in [2.05, 4.69) is 5.10 Å². The number of aromatic nitrogens is 2. The smallest absolute Gasteiger partial charge is 0.253 e. The summed E-state index contributed by atoms with van der Waals surface area (Å²) >= 11 is 0. The molecule has 3 rings (SSSR count). The summed E-state index contributed by atoms with van der Waals surface area (Å²) in [5.74, 6) is 0.0915. The van der Waals surface area contributed by atoms with Crippen LogP contribution in [0.1, 0.15) is 35.1 Å². The van der Waals surface area contributed by atoms with E-state index in [1.807, 2.05) is 53.8 Å². The van der Waals surface area contributed by atoms with Gasteiger partial charge in [-0.25, -0.2) is 4.68 Å². The molecular formula is C19H24N4O2. The van der Waals surface area contributed by atoms with Crippen molar-refractivity contribution in [2.45, 2.75) is 27.2 Å². The summed E-state index contributed by atoms with van der Waals surface area (Å²) < 4.78 is 1.88. The first-order valence-corrected chi connectivity index (χ1v) is 8.64. The Kier molecular flexibility index (Phi) is 4.88. The fraction of sp³-hybridized carbons (Fsp3) is 0.421. The van der Waals surface area contributed by atoms with Gasteiger partial charge in [-0.15, -0.1) is 0 Å². The molecule has 0 unspecified atom stereocenters. The molecule has 2 aromatic rings. The average molecular weight is 340 g/mol. The van der Waals surface area contributed by atoms with Crippen molar-refractivity contribution in [3.05, 3.63) is 47.3 Å². The fourth-order valence-corrected chi connectivity index (χ4v) is 3.25. The van der Waals surface area contributed by atoms with Gasteiger partial charge in [0.25, 0.3) is 5.91 Å². The van der Waals surface area contributed by atoms with Gasteiger partial charge in [-0.3, -0.25) is 9.59 Å². The maximum absolute atomic E-state index is 12.7. The molecular weight excluding hydrogens is 316 g/mol. The number of amides is 2. The van der Waals surface area contributed by atoms with Crippen LogP contribution >= 0.6 is 0 Å². The molecule has 1 saturated heterocycles. The number of aryl methyl sites for hydroxylation is 2. The molecule has 1 aromatic carbocycles. The summed E-state index contributed by atoms with van der Waals surface area (Å²) in [5.41, 5.74) is 3.65. The van der Waals surface area contributed by atoms with Crippen LogP contribution in [0.4, 0.5) is 0 Å². The Bertz CT molecular complexity index is 779. The lowest BCUT2D eigenvalue weighted by molar-refractivity contribution is -0.128. The molecule has 1 aliphatic heterocycles. The lowest BCUT2D eigenvalue weighted by Gasteiger charge is -2.21. The van der Waals surface area contributed by atoms with Crippen LogP contribution in [0.15, 0.2) is 30.3 Å². The number of carbonyl (C=O) groups is 2. The highest BCUT2D eigenvalue weighted by Gasteiger charge is 2.21. The van der Waals surface area contributed by atoms with Crippen molar-refractivity contribution in [1.82, 2.24) is 19.6 Å². The van der Waals surface area contributed by atoms with Crippen molar-refractivity contribution in [3.63, 3.8) is 0 Å². The fourth-order valence-electron chi connectivity index (χ4n) is 3.25. The summed E-state index contributed by atoms with van der Waals surface area (Å²) in [5, 5.41) is 4.47. The number of hydrogen-bond acceptors (Lipinski definition) is 3. The van der Waals surface area contributed by atoms with Crippen molar-refractivity contribution in [2.75, 3.05) is 26.2 Å². The summed E-state index contributed by atoms with van der Waals surface area (Å²) in [7, 11) is 0. The predicted octanol–water partition coefficient (Wildman–Crippen LogP) is 2.18. The standard InChI is InChI=1S/C19H24N4O2/c1-14-13-15(2)23(20-14)18-7-5-17(6-8-18)19(25)22-10-4-9-21(11-12-22)16(3)24/h5-8,13H,4,9-12H2,1-3H3. The highest BCUT2D eigenvalue weighted by atomic mass is 16.2. The largest absolute Gasteiger partial charge is 0.341 e. The molecule has 1 aliphatic rings. The average Bonchev–Trinajstić information content (AvgIpc) is 2.79. The van der Waals surface area contributed by atoms with Crippen LogP contribution in [-0.4, -0.2) is 57.6 Å². The van der Waals surface area contributed by atoms with Crippen LogP contribution in [0.25, 0.3) is 5.69 Å². The van der Waals surface area contributed by atoms with E-state index in [4.69, 9.17) is 0 Å². The second-order valence-corrected chi connectivity index (χ2v) is 6.54. The van der Waals surface area contributed by atoms with Crippen LogP contribution in [0.5, 0.6) is 0 Å². The summed E-state index contributed by atoms with van der Waals surface area (Å²) in [4.78, 5) is 27.9. The maximum atomic E-state index is 12.7. The van der Waals surface area contributed by atoms with Crippen LogP contribution < -0.4 is 0 Å². The second kappa shape index (κ2) is 7.09. The molecule has 25 heavy (non-hydrogen) atoms. The minimum Gasteiger partial charge on any atom is -0.341 e. The van der Waals surface area contributed by atoms with E-state index in [1.165, 1.54) is 0 Å². The number of hydrogen-bond donors (Lipinski definition) is 0. The molecule has 0 N–H and O–H groups in total. The van der Waals surface area contributed by atoms with Crippen molar-refractivity contribution in [2.24, 2.45) is 0 Å². The summed E-state index contributed by atoms with van der Waals surface area (Å²) in [6.07, 6.45) is 0.815. The molecule has 132 valence electrons. The molecule has 2 amide bonds. The molecule has 0 bridgehead atoms. The lowest BCUT2D eigenvalue weighted by Crippen LogP contribution is -2.36. The predicted molar refractivity (Wildman–Crippen MR) is 95.8 cm³/mol. The lowest BCUT2D eigenvalue weighted by atomic mass is 10.1. The minimum atomic E-state index is 0.0188. The SMILES string of the molecule is CC(=O)N1CCCN(C(=O)c2ccc(-n3nc(C)cc3C)cc2)CC1. The zero-order chi connectivity index (χ0) is 18.0. The zero-order valence-corrected chi connectivity index (χ0v) is 15.0. The molecule has 6 nitrogen and oxygen atoms in total. The van der Waals surface area contributed by atoms with Gasteiger partial charge in [-0.05, 0) is 50.6 Å². The van der Waals surface area contributed by atoms with Gasteiger partial charge < -0.3 is 9.80 Å². The third-order valence-corrected chi connectivity index (χ3v) is 4.60. The normalized spacial score (nSPS) is 15.2. The minimum absolute atomic E-state index is 0.0188. The number of nitrogens with zero attached hydrogens (tertiary/aromatic N) is 4. The number of carbonyl (C=O) groups excluding carboxylic acids is 2. The first-order chi connectivity index (χ1) is 12.0. The van der Waals surface area contributed by atoms with Crippen LogP contribution in [0, 0.1) is 13.8 Å². The molecule has 0 atom stereocenters. The third kappa shape index (κ3) is 3.73. The van der Waals surface area contributed by atoms with E-state index in [0.717, 1.165) is 30.0 Å². The van der Waals surface area contributed by atoms with Crippen LogP contribution in [-0.2, 0) is 4.79 Å². The third-order valence-electron chi connectivity index (χ3n) is 4.60. The number of rotatable bonds is 2. The first-order valence-electron chi connectivity index (χ1n) is 8.64. The van der Waals surface area contributed by atoms with Crippen molar-refractivity contribution in [3.8, 4) is 5.69 Å². The Hall–Kier alpha value is -2.63. The number of benzene rings is 1. The van der Waals surface area contributed by atoms with E-state index in [-0.39, 0.29) is 11.8 Å². The zero-order valence-electron chi connectivity index (χ0n) is 15.0. The Labute approximate surface area is 148 Å². The molecule has 1 fully saturated rings. The highest BCUT2D eigenvalue weighted by molar-refractivity contribution is 5.94. The monoisotopic (exact) mass is 340 g/mol. The van der Waals surface area contributed by atoms with Crippen molar-refractivity contribution < 1.29 is 9.59 Å². The van der Waals surface area contributed by atoms with E-state index in [0.29, 0.717) is 25.2 Å². The van der Waals surface area contributed by atoms with Gasteiger partial charge in [0, 0.05) is 44.4 Å². The Morgan fingerprint density at radius 1 is 0.960 bits per heavy atom. The van der Waals surface area contributed by atoms with Gasteiger partial charge in [0.1, 0.15) is 0 Å². The summed E-state index contributed by atoms with van der Waals surface area (Å²) in [6.45, 7) is 8.14. The quantitative estimate of drug-likeness (QED) is 0.842. The van der Waals surface area contributed by atoms with Gasteiger partial charge in [-0.1, -0.05) is 0 Å². The van der Waals surface area contributed by atoms with E-state index < -0.39 is 0 Å². The van der Waals surface area contributed by atoms with Gasteiger partial charge in [0.2, 0.25) is 5.91 Å². The van der Waals surface area contributed by atoms with Crippen molar-refractivity contribution >= 4 is 11.8 Å². The van der Waals surface area contributed by atoms with E-state index in [1.54, 1.807) is 11.8 Å².